The summed E-state index contributed by atoms with van der Waals surface area (Å²) in [6, 6.07) is 21.5. The van der Waals surface area contributed by atoms with E-state index in [1.54, 1.807) is 13.2 Å². The molecule has 1 amide bonds. The van der Waals surface area contributed by atoms with Gasteiger partial charge in [-0.1, -0.05) is 54.6 Å². The first-order valence-corrected chi connectivity index (χ1v) is 10.4. The zero-order valence-electron chi connectivity index (χ0n) is 18.3. The molecular weight excluding hydrogens is 402 g/mol. The Labute approximate surface area is 187 Å². The number of aryl methyl sites for hydroxylation is 2. The summed E-state index contributed by atoms with van der Waals surface area (Å²) in [6.07, 6.45) is 0. The van der Waals surface area contributed by atoms with Crippen LogP contribution in [0.15, 0.2) is 78.4 Å². The summed E-state index contributed by atoms with van der Waals surface area (Å²) < 4.78 is 5.30. The van der Waals surface area contributed by atoms with Gasteiger partial charge in [0.1, 0.15) is 11.5 Å². The lowest BCUT2D eigenvalue weighted by molar-refractivity contribution is -0.140. The van der Waals surface area contributed by atoms with Crippen molar-refractivity contribution in [1.82, 2.24) is 4.90 Å². The number of ether oxygens (including phenoxy) is 1. The fourth-order valence-corrected chi connectivity index (χ4v) is 4.04. The van der Waals surface area contributed by atoms with Gasteiger partial charge in [0, 0.05) is 12.1 Å². The summed E-state index contributed by atoms with van der Waals surface area (Å²) >= 11 is 0. The number of rotatable bonds is 5. The van der Waals surface area contributed by atoms with Crippen LogP contribution in [0.5, 0.6) is 5.75 Å². The van der Waals surface area contributed by atoms with Gasteiger partial charge < -0.3 is 14.7 Å². The van der Waals surface area contributed by atoms with Crippen molar-refractivity contribution in [1.29, 1.82) is 0 Å². The highest BCUT2D eigenvalue weighted by molar-refractivity contribution is 6.46. The molecular formula is C27H25NO4. The first kappa shape index (κ1) is 21.4. The Morgan fingerprint density at radius 2 is 1.69 bits per heavy atom. The number of methoxy groups -OCH3 is 1. The number of nitrogens with zero attached hydrogens (tertiary/aromatic N) is 1. The fraction of sp³-hybridized carbons (Fsp3) is 0.185. The van der Waals surface area contributed by atoms with Gasteiger partial charge in [0.05, 0.1) is 18.7 Å². The Hall–Kier alpha value is -3.86. The van der Waals surface area contributed by atoms with E-state index in [9.17, 15) is 14.7 Å². The molecule has 1 saturated heterocycles. The van der Waals surface area contributed by atoms with Crippen molar-refractivity contribution in [3.8, 4) is 5.75 Å². The topological polar surface area (TPSA) is 66.8 Å². The summed E-state index contributed by atoms with van der Waals surface area (Å²) in [6.45, 7) is 4.14. The first-order valence-electron chi connectivity index (χ1n) is 10.4. The van der Waals surface area contributed by atoms with Crippen molar-refractivity contribution in [2.24, 2.45) is 0 Å². The minimum Gasteiger partial charge on any atom is -0.507 e. The maximum absolute atomic E-state index is 13.1. The monoisotopic (exact) mass is 427 g/mol. The van der Waals surface area contributed by atoms with Gasteiger partial charge in [-0.3, -0.25) is 9.59 Å². The number of hydrogen-bond donors (Lipinski definition) is 1. The molecule has 32 heavy (non-hydrogen) atoms. The van der Waals surface area contributed by atoms with E-state index in [1.807, 2.05) is 80.6 Å². The van der Waals surface area contributed by atoms with Crippen molar-refractivity contribution < 1.29 is 19.4 Å². The van der Waals surface area contributed by atoms with Gasteiger partial charge >= 0.3 is 0 Å². The number of benzene rings is 3. The second kappa shape index (κ2) is 8.71. The highest BCUT2D eigenvalue weighted by atomic mass is 16.5. The maximum Gasteiger partial charge on any atom is 0.295 e. The summed E-state index contributed by atoms with van der Waals surface area (Å²) in [4.78, 5) is 27.8. The van der Waals surface area contributed by atoms with Gasteiger partial charge in [-0.15, -0.1) is 0 Å². The molecule has 0 saturated carbocycles. The molecule has 1 unspecified atom stereocenters. The third kappa shape index (κ3) is 3.89. The Morgan fingerprint density at radius 1 is 0.938 bits per heavy atom. The van der Waals surface area contributed by atoms with E-state index in [0.717, 1.165) is 22.3 Å². The third-order valence-corrected chi connectivity index (χ3v) is 5.92. The highest BCUT2D eigenvalue weighted by Gasteiger charge is 2.46. The van der Waals surface area contributed by atoms with Crippen LogP contribution in [0.3, 0.4) is 0 Å². The predicted molar refractivity (Wildman–Crippen MR) is 123 cm³/mol. The standard InChI is InChI=1S/C27H25NO4/c1-17-12-13-21(14-18(17)2)25(29)23-24(20-9-5-4-6-10-20)28(27(31)26(23)30)16-19-8-7-11-22(15-19)32-3/h4-15,24,29H,16H2,1-3H3/b25-23-. The zero-order chi connectivity index (χ0) is 22.8. The smallest absolute Gasteiger partial charge is 0.295 e. The van der Waals surface area contributed by atoms with E-state index in [2.05, 4.69) is 0 Å². The van der Waals surface area contributed by atoms with Gasteiger partial charge in [0.15, 0.2) is 0 Å². The van der Waals surface area contributed by atoms with Crippen molar-refractivity contribution in [3.63, 3.8) is 0 Å². The molecule has 1 aliphatic heterocycles. The fourth-order valence-electron chi connectivity index (χ4n) is 4.04. The lowest BCUT2D eigenvalue weighted by Crippen LogP contribution is -2.29. The lowest BCUT2D eigenvalue weighted by Gasteiger charge is -2.25. The quantitative estimate of drug-likeness (QED) is 0.356. The molecule has 3 aromatic carbocycles. The molecule has 3 aromatic rings. The Balaban J connectivity index is 1.84. The van der Waals surface area contributed by atoms with Gasteiger partial charge in [-0.25, -0.2) is 0 Å². The Morgan fingerprint density at radius 3 is 2.38 bits per heavy atom. The molecule has 162 valence electrons. The number of carbonyl (C=O) groups is 2. The van der Waals surface area contributed by atoms with E-state index in [-0.39, 0.29) is 17.9 Å². The second-order valence-electron chi connectivity index (χ2n) is 7.99. The van der Waals surface area contributed by atoms with Crippen LogP contribution in [0.4, 0.5) is 0 Å². The van der Waals surface area contributed by atoms with E-state index in [1.165, 1.54) is 4.90 Å². The molecule has 0 aliphatic carbocycles. The third-order valence-electron chi connectivity index (χ3n) is 5.92. The Bertz CT molecular complexity index is 1210. The number of amides is 1. The number of hydrogen-bond acceptors (Lipinski definition) is 4. The summed E-state index contributed by atoms with van der Waals surface area (Å²) in [5.41, 5.74) is 4.30. The first-order chi connectivity index (χ1) is 15.4. The number of carbonyl (C=O) groups excluding carboxylic acids is 2. The van der Waals surface area contributed by atoms with Crippen LogP contribution in [-0.4, -0.2) is 28.8 Å². The van der Waals surface area contributed by atoms with Crippen LogP contribution in [0, 0.1) is 13.8 Å². The van der Waals surface area contributed by atoms with Crippen LogP contribution < -0.4 is 4.74 Å². The van der Waals surface area contributed by atoms with E-state index in [4.69, 9.17) is 4.74 Å². The van der Waals surface area contributed by atoms with Gasteiger partial charge in [-0.2, -0.15) is 0 Å². The summed E-state index contributed by atoms with van der Waals surface area (Å²) in [7, 11) is 1.58. The van der Waals surface area contributed by atoms with Gasteiger partial charge in [-0.05, 0) is 54.3 Å². The molecule has 0 bridgehead atoms. The molecule has 0 radical (unpaired) electrons. The van der Waals surface area contributed by atoms with Crippen LogP contribution in [0.1, 0.15) is 33.9 Å². The van der Waals surface area contributed by atoms with E-state index >= 15 is 0 Å². The summed E-state index contributed by atoms with van der Waals surface area (Å²) in [5, 5.41) is 11.2. The minimum atomic E-state index is -0.691. The molecule has 4 rings (SSSR count). The molecule has 1 heterocycles. The number of likely N-dealkylation sites (tertiary alicyclic amines) is 1. The summed E-state index contributed by atoms with van der Waals surface area (Å²) in [5.74, 6) is -0.802. The van der Waals surface area contributed by atoms with Crippen molar-refractivity contribution in [2.45, 2.75) is 26.4 Å². The molecule has 5 nitrogen and oxygen atoms in total. The number of aliphatic hydroxyl groups is 1. The lowest BCUT2D eigenvalue weighted by atomic mass is 9.94. The molecule has 1 fully saturated rings. The van der Waals surface area contributed by atoms with E-state index < -0.39 is 17.7 Å². The highest BCUT2D eigenvalue weighted by Crippen LogP contribution is 2.40. The molecule has 1 aliphatic rings. The van der Waals surface area contributed by atoms with Gasteiger partial charge in [0.25, 0.3) is 11.7 Å². The van der Waals surface area contributed by atoms with Crippen molar-refractivity contribution in [2.75, 3.05) is 7.11 Å². The zero-order valence-corrected chi connectivity index (χ0v) is 18.3. The molecule has 1 atom stereocenters. The van der Waals surface area contributed by atoms with Gasteiger partial charge in [0.2, 0.25) is 0 Å². The van der Waals surface area contributed by atoms with Crippen LogP contribution >= 0.6 is 0 Å². The average Bonchev–Trinajstić information content (AvgIpc) is 3.06. The van der Waals surface area contributed by atoms with Crippen LogP contribution in [0.25, 0.3) is 5.76 Å². The van der Waals surface area contributed by atoms with Crippen LogP contribution in [0.2, 0.25) is 0 Å². The van der Waals surface area contributed by atoms with E-state index in [0.29, 0.717) is 11.3 Å². The average molecular weight is 428 g/mol. The minimum absolute atomic E-state index is 0.104. The molecule has 1 N–H and O–H groups in total. The van der Waals surface area contributed by atoms with Crippen molar-refractivity contribution in [3.05, 3.63) is 106 Å². The SMILES string of the molecule is COc1cccc(CN2C(=O)C(=O)/C(=C(\O)c3ccc(C)c(C)c3)C2c2ccccc2)c1. The normalized spacial score (nSPS) is 17.6. The number of Topliss-reactive ketones (excluding diaryl/α,β-unsaturated/α-hetero) is 1. The second-order valence-corrected chi connectivity index (χ2v) is 7.99. The molecule has 0 aromatic heterocycles. The predicted octanol–water partition coefficient (Wildman–Crippen LogP) is 4.93. The van der Waals surface area contributed by atoms with Crippen molar-refractivity contribution >= 4 is 17.4 Å². The molecule has 5 heteroatoms. The number of ketones is 1. The maximum atomic E-state index is 13.1. The molecule has 0 spiro atoms. The number of aliphatic hydroxyl groups excluding tert-OH is 1. The largest absolute Gasteiger partial charge is 0.507 e. The van der Waals surface area contributed by atoms with Crippen LogP contribution in [-0.2, 0) is 16.1 Å². The Kier molecular flexibility index (Phi) is 5.82.